The molecule has 136 valence electrons. The number of hydrogen-bond donors (Lipinski definition) is 2. The van der Waals surface area contributed by atoms with Crippen LogP contribution in [-0.4, -0.2) is 28.8 Å². The number of esters is 1. The van der Waals surface area contributed by atoms with Crippen LogP contribution in [0.2, 0.25) is 0 Å². The molecule has 0 aliphatic heterocycles. The molecule has 5 nitrogen and oxygen atoms in total. The average Bonchev–Trinajstić information content (AvgIpc) is 2.48. The van der Waals surface area contributed by atoms with E-state index < -0.39 is 12.1 Å². The van der Waals surface area contributed by atoms with Gasteiger partial charge in [0, 0.05) is 0 Å². The predicted molar refractivity (Wildman–Crippen MR) is 90.7 cm³/mol. The minimum absolute atomic E-state index is 0.298. The van der Waals surface area contributed by atoms with Crippen LogP contribution in [0.3, 0.4) is 0 Å². The van der Waals surface area contributed by atoms with Crippen molar-refractivity contribution in [3.8, 4) is 0 Å². The van der Waals surface area contributed by atoms with Crippen molar-refractivity contribution < 1.29 is 19.4 Å². The standard InChI is InChI=1S/C19H31NO4/c1-2-3-4-5-6-16(20-18(22)23)17(21)24-19-10-13-7-14(11-19)9-15(8-13)12-19/h13-16,20H,2-12H2,1H3,(H,22,23). The van der Waals surface area contributed by atoms with Crippen LogP contribution >= 0.6 is 0 Å². The Hall–Kier alpha value is -1.26. The fourth-order valence-electron chi connectivity index (χ4n) is 5.61. The highest BCUT2D eigenvalue weighted by Crippen LogP contribution is 2.57. The molecular formula is C19H31NO4. The Morgan fingerprint density at radius 3 is 2.17 bits per heavy atom. The maximum atomic E-state index is 12.7. The van der Waals surface area contributed by atoms with Gasteiger partial charge in [0.15, 0.2) is 0 Å². The van der Waals surface area contributed by atoms with E-state index in [2.05, 4.69) is 12.2 Å². The van der Waals surface area contributed by atoms with Crippen molar-refractivity contribution in [3.63, 3.8) is 0 Å². The molecule has 2 N–H and O–H groups in total. The molecule has 4 saturated carbocycles. The van der Waals surface area contributed by atoms with Crippen molar-refractivity contribution >= 4 is 12.1 Å². The molecule has 1 unspecified atom stereocenters. The van der Waals surface area contributed by atoms with E-state index in [0.717, 1.165) is 44.9 Å². The quantitative estimate of drug-likeness (QED) is 0.516. The first-order valence-electron chi connectivity index (χ1n) is 9.72. The molecule has 1 amide bonds. The van der Waals surface area contributed by atoms with E-state index in [-0.39, 0.29) is 11.6 Å². The summed E-state index contributed by atoms with van der Waals surface area (Å²) in [6.07, 6.45) is 10.4. The molecule has 4 aliphatic rings. The Balaban J connectivity index is 1.59. The van der Waals surface area contributed by atoms with Gasteiger partial charge < -0.3 is 15.2 Å². The lowest BCUT2D eigenvalue weighted by Crippen LogP contribution is -2.55. The van der Waals surface area contributed by atoms with Gasteiger partial charge in [-0.3, -0.25) is 0 Å². The molecule has 0 aromatic carbocycles. The van der Waals surface area contributed by atoms with Gasteiger partial charge in [-0.1, -0.05) is 32.6 Å². The summed E-state index contributed by atoms with van der Waals surface area (Å²) in [4.78, 5) is 23.7. The van der Waals surface area contributed by atoms with Crippen molar-refractivity contribution in [3.05, 3.63) is 0 Å². The molecule has 0 radical (unpaired) electrons. The molecule has 0 aromatic rings. The summed E-state index contributed by atoms with van der Waals surface area (Å²) in [5, 5.41) is 11.4. The Kier molecular flexibility index (Phi) is 5.36. The van der Waals surface area contributed by atoms with E-state index in [1.54, 1.807) is 0 Å². The summed E-state index contributed by atoms with van der Waals surface area (Å²) in [6.45, 7) is 2.13. The third kappa shape index (κ3) is 4.04. The van der Waals surface area contributed by atoms with E-state index in [1.165, 1.54) is 19.3 Å². The largest absolute Gasteiger partial charge is 0.465 e. The zero-order chi connectivity index (χ0) is 17.2. The van der Waals surface area contributed by atoms with Crippen LogP contribution < -0.4 is 5.32 Å². The summed E-state index contributed by atoms with van der Waals surface area (Å²) in [5.74, 6) is 1.77. The van der Waals surface area contributed by atoms with Crippen molar-refractivity contribution in [2.75, 3.05) is 0 Å². The van der Waals surface area contributed by atoms with E-state index in [4.69, 9.17) is 9.84 Å². The van der Waals surface area contributed by atoms with Gasteiger partial charge in [-0.05, 0) is 62.7 Å². The Bertz CT molecular complexity index is 441. The number of carbonyl (C=O) groups excluding carboxylic acids is 1. The summed E-state index contributed by atoms with van der Waals surface area (Å²) in [6, 6.07) is -0.715. The first-order valence-corrected chi connectivity index (χ1v) is 9.72. The number of ether oxygens (including phenoxy) is 1. The number of unbranched alkanes of at least 4 members (excludes halogenated alkanes) is 3. The van der Waals surface area contributed by atoms with Crippen LogP contribution in [0.5, 0.6) is 0 Å². The lowest BCUT2D eigenvalue weighted by molar-refractivity contribution is -0.188. The van der Waals surface area contributed by atoms with Crippen LogP contribution in [0, 0.1) is 17.8 Å². The van der Waals surface area contributed by atoms with Crippen LogP contribution in [0.15, 0.2) is 0 Å². The monoisotopic (exact) mass is 337 g/mol. The molecule has 0 heterocycles. The Morgan fingerprint density at radius 2 is 1.67 bits per heavy atom. The third-order valence-corrected chi connectivity index (χ3v) is 6.23. The second-order valence-electron chi connectivity index (χ2n) is 8.37. The maximum Gasteiger partial charge on any atom is 0.405 e. The third-order valence-electron chi connectivity index (χ3n) is 6.23. The molecule has 1 atom stereocenters. The fraction of sp³-hybridized carbons (Fsp3) is 0.895. The van der Waals surface area contributed by atoms with E-state index in [1.807, 2.05) is 0 Å². The normalized spacial score (nSPS) is 34.8. The zero-order valence-corrected chi connectivity index (χ0v) is 14.8. The molecule has 0 spiro atoms. The Labute approximate surface area is 144 Å². The van der Waals surface area contributed by atoms with Gasteiger partial charge in [-0.15, -0.1) is 0 Å². The fourth-order valence-corrected chi connectivity index (χ4v) is 5.61. The average molecular weight is 337 g/mol. The highest BCUT2D eigenvalue weighted by molar-refractivity contribution is 5.81. The molecule has 24 heavy (non-hydrogen) atoms. The minimum atomic E-state index is -1.14. The van der Waals surface area contributed by atoms with Gasteiger partial charge in [0.2, 0.25) is 0 Å². The molecule has 0 saturated heterocycles. The lowest BCUT2D eigenvalue weighted by Gasteiger charge is -2.55. The molecule has 4 rings (SSSR count). The molecule has 4 aliphatic carbocycles. The molecule has 4 bridgehead atoms. The van der Waals surface area contributed by atoms with Crippen LogP contribution in [0.1, 0.15) is 77.6 Å². The highest BCUT2D eigenvalue weighted by atomic mass is 16.6. The number of carbonyl (C=O) groups is 2. The first kappa shape index (κ1) is 17.6. The van der Waals surface area contributed by atoms with Gasteiger partial charge in [-0.25, -0.2) is 9.59 Å². The van der Waals surface area contributed by atoms with Crippen molar-refractivity contribution in [1.29, 1.82) is 0 Å². The van der Waals surface area contributed by atoms with Gasteiger partial charge in [0.25, 0.3) is 0 Å². The topological polar surface area (TPSA) is 75.6 Å². The van der Waals surface area contributed by atoms with Gasteiger partial charge in [-0.2, -0.15) is 0 Å². The maximum absolute atomic E-state index is 12.7. The van der Waals surface area contributed by atoms with Crippen molar-refractivity contribution in [2.24, 2.45) is 17.8 Å². The van der Waals surface area contributed by atoms with E-state index in [9.17, 15) is 9.59 Å². The van der Waals surface area contributed by atoms with Crippen molar-refractivity contribution in [1.82, 2.24) is 5.32 Å². The zero-order valence-electron chi connectivity index (χ0n) is 14.8. The van der Waals surface area contributed by atoms with Gasteiger partial charge in [0.1, 0.15) is 11.6 Å². The summed E-state index contributed by atoms with van der Waals surface area (Å²) in [7, 11) is 0. The van der Waals surface area contributed by atoms with Crippen LogP contribution in [-0.2, 0) is 9.53 Å². The summed E-state index contributed by atoms with van der Waals surface area (Å²) < 4.78 is 6.01. The second-order valence-corrected chi connectivity index (χ2v) is 8.37. The van der Waals surface area contributed by atoms with E-state index in [0.29, 0.717) is 24.2 Å². The van der Waals surface area contributed by atoms with E-state index >= 15 is 0 Å². The van der Waals surface area contributed by atoms with Crippen LogP contribution in [0.25, 0.3) is 0 Å². The van der Waals surface area contributed by atoms with Gasteiger partial charge in [0.05, 0.1) is 0 Å². The number of rotatable bonds is 8. The molecule has 5 heteroatoms. The minimum Gasteiger partial charge on any atom is -0.465 e. The lowest BCUT2D eigenvalue weighted by atomic mass is 9.54. The highest BCUT2D eigenvalue weighted by Gasteiger charge is 2.53. The predicted octanol–water partition coefficient (Wildman–Crippen LogP) is 4.11. The first-order chi connectivity index (χ1) is 11.5. The molecule has 0 aromatic heterocycles. The second kappa shape index (κ2) is 7.32. The Morgan fingerprint density at radius 1 is 1.08 bits per heavy atom. The summed E-state index contributed by atoms with van der Waals surface area (Å²) in [5.41, 5.74) is -0.298. The molecular weight excluding hydrogens is 306 g/mol. The van der Waals surface area contributed by atoms with Gasteiger partial charge >= 0.3 is 12.1 Å². The number of carboxylic acid groups (broad SMARTS) is 1. The molecule has 4 fully saturated rings. The number of hydrogen-bond acceptors (Lipinski definition) is 3. The summed E-state index contributed by atoms with van der Waals surface area (Å²) >= 11 is 0. The SMILES string of the molecule is CCCCCCC(NC(=O)O)C(=O)OC12CC3CC(CC(C3)C1)C2. The van der Waals surface area contributed by atoms with Crippen molar-refractivity contribution in [2.45, 2.75) is 89.2 Å². The number of nitrogens with one attached hydrogen (secondary N) is 1. The smallest absolute Gasteiger partial charge is 0.405 e. The number of amides is 1. The van der Waals surface area contributed by atoms with Crippen LogP contribution in [0.4, 0.5) is 4.79 Å².